The van der Waals surface area contributed by atoms with Crippen LogP contribution in [0.3, 0.4) is 0 Å². The van der Waals surface area contributed by atoms with Crippen molar-refractivity contribution in [2.24, 2.45) is 5.92 Å². The van der Waals surface area contributed by atoms with Crippen LogP contribution in [0.15, 0.2) is 41.3 Å². The third kappa shape index (κ3) is 10.1. The van der Waals surface area contributed by atoms with E-state index in [9.17, 15) is 31.5 Å². The molecule has 3 rings (SSSR count). The zero-order valence-electron chi connectivity index (χ0n) is 23.5. The van der Waals surface area contributed by atoms with E-state index in [1.807, 2.05) is 25.7 Å². The second-order valence-electron chi connectivity index (χ2n) is 10.2. The number of rotatable bonds is 9. The third-order valence-corrected chi connectivity index (χ3v) is 7.84. The fourth-order valence-electron chi connectivity index (χ4n) is 4.76. The summed E-state index contributed by atoms with van der Waals surface area (Å²) < 4.78 is 74.6. The number of aryl methyl sites for hydroxylation is 2. The van der Waals surface area contributed by atoms with Crippen molar-refractivity contribution in [2.45, 2.75) is 90.0 Å². The highest BCUT2D eigenvalue weighted by molar-refractivity contribution is 7.85. The van der Waals surface area contributed by atoms with Crippen molar-refractivity contribution < 1.29 is 40.8 Å². The van der Waals surface area contributed by atoms with Gasteiger partial charge in [0.25, 0.3) is 10.1 Å². The number of carbonyl (C=O) groups is 1. The van der Waals surface area contributed by atoms with Gasteiger partial charge >= 0.3 is 12.1 Å². The Bertz CT molecular complexity index is 1210. The molecule has 0 aliphatic heterocycles. The Kier molecular flexibility index (Phi) is 12.5. The average Bonchev–Trinajstić information content (AvgIpc) is 2.87. The lowest BCUT2D eigenvalue weighted by molar-refractivity contribution is -0.151. The zero-order valence-corrected chi connectivity index (χ0v) is 24.3. The van der Waals surface area contributed by atoms with E-state index in [0.29, 0.717) is 36.7 Å². The monoisotopic (exact) mass is 587 g/mol. The molecule has 40 heavy (non-hydrogen) atoms. The van der Waals surface area contributed by atoms with Gasteiger partial charge in [-0.1, -0.05) is 24.6 Å². The maximum Gasteiger partial charge on any atom is 0.416 e. The lowest BCUT2D eigenvalue weighted by Gasteiger charge is -2.34. The normalized spacial score (nSPS) is 17.5. The lowest BCUT2D eigenvalue weighted by Crippen LogP contribution is -2.34. The predicted octanol–water partition coefficient (Wildman–Crippen LogP) is 6.48. The van der Waals surface area contributed by atoms with Crippen molar-refractivity contribution in [3.8, 4) is 0 Å². The molecule has 2 N–H and O–H groups in total. The minimum absolute atomic E-state index is 0.0262. The van der Waals surface area contributed by atoms with Gasteiger partial charge in [0, 0.05) is 30.8 Å². The minimum Gasteiger partial charge on any atom is -0.462 e. The number of esters is 1. The highest BCUT2D eigenvalue weighted by atomic mass is 32.2. The largest absolute Gasteiger partial charge is 0.462 e. The quantitative estimate of drug-likeness (QED) is 0.256. The fourth-order valence-corrected chi connectivity index (χ4v) is 5.24. The number of hydrogen-bond acceptors (Lipinski definition) is 6. The fraction of sp³-hybridized carbons (Fsp3) is 0.552. The molecule has 1 fully saturated rings. The molecule has 2 aromatic rings. The Morgan fingerprint density at radius 3 is 2.12 bits per heavy atom. The Morgan fingerprint density at radius 2 is 1.65 bits per heavy atom. The minimum atomic E-state index is -4.43. The van der Waals surface area contributed by atoms with E-state index in [-0.39, 0.29) is 22.5 Å². The van der Waals surface area contributed by atoms with Gasteiger partial charge in [0.05, 0.1) is 17.1 Å². The topological polar surface area (TPSA) is 104 Å². The maximum absolute atomic E-state index is 13.2. The number of halogens is 3. The molecule has 0 amide bonds. The van der Waals surface area contributed by atoms with E-state index in [1.54, 1.807) is 12.1 Å². The number of aliphatic hydroxyl groups excluding tert-OH is 1. The van der Waals surface area contributed by atoms with Crippen molar-refractivity contribution in [3.63, 3.8) is 0 Å². The molecular weight excluding hydrogens is 547 g/mol. The van der Waals surface area contributed by atoms with Gasteiger partial charge in [0.2, 0.25) is 0 Å². The Morgan fingerprint density at radius 1 is 1.05 bits per heavy atom. The average molecular weight is 588 g/mol. The van der Waals surface area contributed by atoms with Crippen LogP contribution >= 0.6 is 0 Å². The second-order valence-corrected chi connectivity index (χ2v) is 11.6. The lowest BCUT2D eigenvalue weighted by atomic mass is 9.86. The third-order valence-electron chi connectivity index (χ3n) is 6.97. The number of ether oxygens (including phenoxy) is 1. The van der Waals surface area contributed by atoms with Crippen molar-refractivity contribution in [1.82, 2.24) is 0 Å². The molecule has 11 heteroatoms. The molecule has 0 radical (unpaired) electrons. The standard InChI is InChI=1S/C22H32F3NO3.C7H8O3S/c1-4-6-21(28)29-18-9-7-16(8-10-18)13-26(5-2)20-11-15(3)19(22(23,24)25)12-17(20)14-27;1-6-2-4-7(5-3-6)11(8,9)10/h11-12,16,18,27H,4-10,13-14H2,1-3H3;2-5H,1H3,(H,8,9,10)/t16-,18-;. The van der Waals surface area contributed by atoms with Crippen molar-refractivity contribution in [3.05, 3.63) is 58.7 Å². The van der Waals surface area contributed by atoms with E-state index < -0.39 is 28.5 Å². The molecule has 1 aliphatic carbocycles. The summed E-state index contributed by atoms with van der Waals surface area (Å²) in [5, 5.41) is 9.67. The van der Waals surface area contributed by atoms with E-state index in [2.05, 4.69) is 0 Å². The van der Waals surface area contributed by atoms with Gasteiger partial charge in [-0.25, -0.2) is 0 Å². The van der Waals surface area contributed by atoms with E-state index >= 15 is 0 Å². The van der Waals surface area contributed by atoms with Crippen LogP contribution in [-0.4, -0.2) is 43.2 Å². The summed E-state index contributed by atoms with van der Waals surface area (Å²) in [5.41, 5.74) is 1.38. The highest BCUT2D eigenvalue weighted by Crippen LogP contribution is 2.37. The van der Waals surface area contributed by atoms with Crippen LogP contribution in [0.4, 0.5) is 18.9 Å². The number of hydrogen-bond donors (Lipinski definition) is 2. The van der Waals surface area contributed by atoms with Crippen LogP contribution in [0.25, 0.3) is 0 Å². The molecule has 0 spiro atoms. The number of anilines is 1. The van der Waals surface area contributed by atoms with Crippen molar-refractivity contribution in [1.29, 1.82) is 0 Å². The molecular formula is C29H40F3NO6S. The molecule has 1 aliphatic rings. The summed E-state index contributed by atoms with van der Waals surface area (Å²) in [6, 6.07) is 8.59. The molecule has 0 bridgehead atoms. The van der Waals surface area contributed by atoms with Gasteiger partial charge in [-0.05, 0) is 88.6 Å². The van der Waals surface area contributed by atoms with E-state index in [0.717, 1.165) is 43.7 Å². The second kappa shape index (κ2) is 14.8. The van der Waals surface area contributed by atoms with Crippen LogP contribution in [-0.2, 0) is 32.4 Å². The highest BCUT2D eigenvalue weighted by Gasteiger charge is 2.34. The maximum atomic E-state index is 13.2. The van der Waals surface area contributed by atoms with Crippen LogP contribution in [0.1, 0.15) is 74.6 Å². The van der Waals surface area contributed by atoms with Crippen LogP contribution in [0.2, 0.25) is 0 Å². The number of benzene rings is 2. The molecule has 7 nitrogen and oxygen atoms in total. The van der Waals surface area contributed by atoms with Gasteiger partial charge in [-0.15, -0.1) is 0 Å². The molecule has 1 saturated carbocycles. The molecule has 2 aromatic carbocycles. The summed E-state index contributed by atoms with van der Waals surface area (Å²) in [4.78, 5) is 13.7. The van der Waals surface area contributed by atoms with Crippen molar-refractivity contribution >= 4 is 21.8 Å². The SMILES string of the molecule is CCCC(=O)O[C@H]1CC[C@H](CN(CC)c2cc(C)c(C(F)(F)F)cc2CO)CC1.Cc1ccc(S(=O)(=O)O)cc1. The molecule has 0 unspecified atom stereocenters. The number of carbonyl (C=O) groups excluding carboxylic acids is 1. The van der Waals surface area contributed by atoms with Crippen molar-refractivity contribution in [2.75, 3.05) is 18.0 Å². The molecule has 0 heterocycles. The molecule has 224 valence electrons. The first-order valence-electron chi connectivity index (χ1n) is 13.5. The van der Waals surface area contributed by atoms with Gasteiger partial charge < -0.3 is 14.7 Å². The Balaban J connectivity index is 0.000000425. The first-order chi connectivity index (χ1) is 18.7. The smallest absolute Gasteiger partial charge is 0.416 e. The Labute approximate surface area is 235 Å². The summed E-state index contributed by atoms with van der Waals surface area (Å²) >= 11 is 0. The molecule has 0 aromatic heterocycles. The molecule has 0 atom stereocenters. The summed E-state index contributed by atoms with van der Waals surface area (Å²) in [7, 11) is -4.02. The van der Waals surface area contributed by atoms with Gasteiger partial charge in [-0.2, -0.15) is 21.6 Å². The number of nitrogens with zero attached hydrogens (tertiary/aromatic N) is 1. The first kappa shape index (κ1) is 33.6. The van der Waals surface area contributed by atoms with Crippen LogP contribution < -0.4 is 4.90 Å². The molecule has 0 saturated heterocycles. The van der Waals surface area contributed by atoms with Gasteiger partial charge in [0.15, 0.2) is 0 Å². The summed E-state index contributed by atoms with van der Waals surface area (Å²) in [6.45, 7) is 8.13. The Hall–Kier alpha value is -2.63. The zero-order chi connectivity index (χ0) is 30.1. The first-order valence-corrected chi connectivity index (χ1v) is 14.9. The van der Waals surface area contributed by atoms with E-state index in [4.69, 9.17) is 9.29 Å². The van der Waals surface area contributed by atoms with Gasteiger partial charge in [0.1, 0.15) is 6.10 Å². The predicted molar refractivity (Wildman–Crippen MR) is 148 cm³/mol. The summed E-state index contributed by atoms with van der Waals surface area (Å²) in [5.74, 6) is 0.240. The number of aliphatic hydroxyl groups is 1. The summed E-state index contributed by atoms with van der Waals surface area (Å²) in [6.07, 6.45) is 0.218. The van der Waals surface area contributed by atoms with Gasteiger partial charge in [-0.3, -0.25) is 9.35 Å². The number of alkyl halides is 3. The van der Waals surface area contributed by atoms with Crippen LogP contribution in [0.5, 0.6) is 0 Å². The van der Waals surface area contributed by atoms with Crippen LogP contribution in [0, 0.1) is 19.8 Å². The van der Waals surface area contributed by atoms with E-state index in [1.165, 1.54) is 25.1 Å².